The number of fused-ring (bicyclic) bond motifs is 2. The smallest absolute Gasteiger partial charge is 0.167 e. The largest absolute Gasteiger partial charge is 0.371 e. The number of thiol groups is 1. The van der Waals surface area contributed by atoms with E-state index in [2.05, 4.69) is 32.9 Å². The Kier molecular flexibility index (Phi) is 3.49. The third-order valence-electron chi connectivity index (χ3n) is 4.17. The summed E-state index contributed by atoms with van der Waals surface area (Å²) in [5.41, 5.74) is 1.39. The first kappa shape index (κ1) is 15.1. The number of nitrogens with one attached hydrogen (secondary N) is 1. The van der Waals surface area contributed by atoms with Crippen LogP contribution in [0.2, 0.25) is 0 Å². The number of hydrogen-bond acceptors (Lipinski definition) is 8. The van der Waals surface area contributed by atoms with E-state index in [1.54, 1.807) is 13.4 Å². The molecule has 0 radical (unpaired) electrons. The van der Waals surface area contributed by atoms with E-state index >= 15 is 0 Å². The van der Waals surface area contributed by atoms with Crippen LogP contribution in [0.4, 0.5) is 5.82 Å². The minimum absolute atomic E-state index is 0.141. The maximum atomic E-state index is 6.11. The summed E-state index contributed by atoms with van der Waals surface area (Å²) in [5.74, 6) is 0.596. The third kappa shape index (κ3) is 2.30. The maximum Gasteiger partial charge on any atom is 0.167 e. The lowest BCUT2D eigenvalue weighted by Crippen LogP contribution is -2.30. The van der Waals surface area contributed by atoms with Crippen molar-refractivity contribution in [3.8, 4) is 0 Å². The van der Waals surface area contributed by atoms with Crippen LogP contribution in [-0.2, 0) is 14.2 Å². The Morgan fingerprint density at radius 3 is 2.78 bits per heavy atom. The summed E-state index contributed by atoms with van der Waals surface area (Å²) in [6.45, 7) is 3.82. The standard InChI is InChI=1S/C14H19N5O3S/c1-14(2)21-9-7(4-23)20-13(10(9)22-14)19-6-18-8-11(15-3)16-5-17-12(8)19/h5-7,9-10,13,23H,4H2,1-3H3,(H,15,16,17). The zero-order valence-corrected chi connectivity index (χ0v) is 14.0. The first-order valence-electron chi connectivity index (χ1n) is 7.51. The van der Waals surface area contributed by atoms with Crippen molar-refractivity contribution < 1.29 is 14.2 Å². The molecular weight excluding hydrogens is 318 g/mol. The molecule has 4 atom stereocenters. The molecule has 2 saturated heterocycles. The maximum absolute atomic E-state index is 6.11. The van der Waals surface area contributed by atoms with Gasteiger partial charge in [-0.25, -0.2) is 15.0 Å². The summed E-state index contributed by atoms with van der Waals surface area (Å²) in [7, 11) is 1.80. The van der Waals surface area contributed by atoms with E-state index in [0.29, 0.717) is 22.7 Å². The second kappa shape index (κ2) is 5.30. The van der Waals surface area contributed by atoms with E-state index in [0.717, 1.165) is 0 Å². The minimum atomic E-state index is -0.639. The van der Waals surface area contributed by atoms with Crippen LogP contribution >= 0.6 is 12.6 Å². The molecule has 124 valence electrons. The lowest BCUT2D eigenvalue weighted by molar-refractivity contribution is -0.193. The fourth-order valence-electron chi connectivity index (χ4n) is 3.25. The monoisotopic (exact) mass is 337 g/mol. The van der Waals surface area contributed by atoms with E-state index in [1.165, 1.54) is 6.33 Å². The normalized spacial score (nSPS) is 32.3. The van der Waals surface area contributed by atoms with Crippen LogP contribution in [-0.4, -0.2) is 56.4 Å². The number of rotatable bonds is 3. The molecule has 23 heavy (non-hydrogen) atoms. The van der Waals surface area contributed by atoms with Gasteiger partial charge in [0.05, 0.1) is 12.4 Å². The number of imidazole rings is 1. The third-order valence-corrected chi connectivity index (χ3v) is 4.53. The van der Waals surface area contributed by atoms with Gasteiger partial charge in [-0.1, -0.05) is 0 Å². The van der Waals surface area contributed by atoms with E-state index in [9.17, 15) is 0 Å². The fourth-order valence-corrected chi connectivity index (χ4v) is 3.54. The van der Waals surface area contributed by atoms with Gasteiger partial charge in [-0.3, -0.25) is 4.57 Å². The molecule has 2 fully saturated rings. The highest BCUT2D eigenvalue weighted by Crippen LogP contribution is 2.44. The van der Waals surface area contributed by atoms with Crippen molar-refractivity contribution in [2.75, 3.05) is 18.1 Å². The molecule has 0 aliphatic carbocycles. The summed E-state index contributed by atoms with van der Waals surface area (Å²) in [4.78, 5) is 12.9. The van der Waals surface area contributed by atoms with Gasteiger partial charge in [-0.05, 0) is 13.8 Å². The molecule has 2 aliphatic rings. The van der Waals surface area contributed by atoms with Crippen LogP contribution in [0.5, 0.6) is 0 Å². The van der Waals surface area contributed by atoms with Gasteiger partial charge in [0.25, 0.3) is 0 Å². The fraction of sp³-hybridized carbons (Fsp3) is 0.643. The van der Waals surface area contributed by atoms with Crippen LogP contribution in [0, 0.1) is 0 Å². The summed E-state index contributed by atoms with van der Waals surface area (Å²) in [6, 6.07) is 0. The van der Waals surface area contributed by atoms with E-state index < -0.39 is 5.79 Å². The zero-order chi connectivity index (χ0) is 16.2. The van der Waals surface area contributed by atoms with Crippen LogP contribution in [0.15, 0.2) is 12.7 Å². The predicted octanol–water partition coefficient (Wildman–Crippen LogP) is 1.22. The lowest BCUT2D eigenvalue weighted by Gasteiger charge is -2.24. The van der Waals surface area contributed by atoms with Crippen molar-refractivity contribution in [1.82, 2.24) is 19.5 Å². The number of aromatic nitrogens is 4. The summed E-state index contributed by atoms with van der Waals surface area (Å²) >= 11 is 4.38. The summed E-state index contributed by atoms with van der Waals surface area (Å²) < 4.78 is 20.0. The zero-order valence-electron chi connectivity index (χ0n) is 13.1. The van der Waals surface area contributed by atoms with Crippen molar-refractivity contribution in [1.29, 1.82) is 0 Å². The van der Waals surface area contributed by atoms with Gasteiger partial charge in [0, 0.05) is 12.8 Å². The molecule has 2 aliphatic heterocycles. The Hall–Kier alpha value is -1.42. The molecule has 0 spiro atoms. The Morgan fingerprint density at radius 1 is 1.26 bits per heavy atom. The second-order valence-corrected chi connectivity index (χ2v) is 6.47. The first-order valence-corrected chi connectivity index (χ1v) is 8.14. The Bertz CT molecular complexity index is 736. The number of hydrogen-bond donors (Lipinski definition) is 2. The molecule has 4 heterocycles. The molecule has 9 heteroatoms. The molecule has 4 unspecified atom stereocenters. The Morgan fingerprint density at radius 2 is 2.04 bits per heavy atom. The average molecular weight is 337 g/mol. The summed E-state index contributed by atoms with van der Waals surface area (Å²) in [5, 5.41) is 3.02. The lowest BCUT2D eigenvalue weighted by atomic mass is 10.1. The predicted molar refractivity (Wildman–Crippen MR) is 86.5 cm³/mol. The average Bonchev–Trinajstić information content (AvgIpc) is 3.17. The van der Waals surface area contributed by atoms with Crippen LogP contribution in [0.3, 0.4) is 0 Å². The van der Waals surface area contributed by atoms with Gasteiger partial charge >= 0.3 is 0 Å². The molecule has 2 aromatic heterocycles. The Balaban J connectivity index is 1.76. The molecule has 1 N–H and O–H groups in total. The number of ether oxygens (including phenoxy) is 3. The van der Waals surface area contributed by atoms with E-state index in [1.807, 2.05) is 18.4 Å². The van der Waals surface area contributed by atoms with Gasteiger partial charge < -0.3 is 19.5 Å². The van der Waals surface area contributed by atoms with Gasteiger partial charge in [-0.15, -0.1) is 0 Å². The topological polar surface area (TPSA) is 83.3 Å². The van der Waals surface area contributed by atoms with Gasteiger partial charge in [0.2, 0.25) is 0 Å². The van der Waals surface area contributed by atoms with Crippen molar-refractivity contribution in [2.45, 2.75) is 44.2 Å². The molecule has 2 aromatic rings. The van der Waals surface area contributed by atoms with Crippen LogP contribution < -0.4 is 5.32 Å². The van der Waals surface area contributed by atoms with Crippen molar-refractivity contribution in [3.05, 3.63) is 12.7 Å². The minimum Gasteiger partial charge on any atom is -0.371 e. The van der Waals surface area contributed by atoms with Gasteiger partial charge in [-0.2, -0.15) is 12.6 Å². The van der Waals surface area contributed by atoms with Crippen molar-refractivity contribution in [2.24, 2.45) is 0 Å². The molecule has 0 aromatic carbocycles. The highest BCUT2D eigenvalue weighted by molar-refractivity contribution is 7.80. The second-order valence-electron chi connectivity index (χ2n) is 6.11. The van der Waals surface area contributed by atoms with Gasteiger partial charge in [0.1, 0.15) is 24.1 Å². The molecule has 0 saturated carbocycles. The first-order chi connectivity index (χ1) is 11.0. The number of nitrogens with zero attached hydrogens (tertiary/aromatic N) is 4. The van der Waals surface area contributed by atoms with Crippen molar-refractivity contribution in [3.63, 3.8) is 0 Å². The molecule has 0 bridgehead atoms. The highest BCUT2D eigenvalue weighted by Gasteiger charge is 2.55. The molecule has 8 nitrogen and oxygen atoms in total. The van der Waals surface area contributed by atoms with Crippen LogP contribution in [0.1, 0.15) is 20.1 Å². The molecular formula is C14H19N5O3S. The van der Waals surface area contributed by atoms with E-state index in [-0.39, 0.29) is 24.5 Å². The Labute approximate surface area is 139 Å². The molecule has 0 amide bonds. The number of anilines is 1. The van der Waals surface area contributed by atoms with Crippen LogP contribution in [0.25, 0.3) is 11.2 Å². The highest BCUT2D eigenvalue weighted by atomic mass is 32.1. The summed E-state index contributed by atoms with van der Waals surface area (Å²) in [6.07, 6.45) is 2.33. The van der Waals surface area contributed by atoms with Crippen molar-refractivity contribution >= 4 is 29.6 Å². The van der Waals surface area contributed by atoms with E-state index in [4.69, 9.17) is 14.2 Å². The van der Waals surface area contributed by atoms with Gasteiger partial charge in [0.15, 0.2) is 23.5 Å². The quantitative estimate of drug-likeness (QED) is 0.815. The molecule has 4 rings (SSSR count). The SMILES string of the molecule is CNc1ncnc2c1ncn2C1OC(CS)C2OC(C)(C)OC21.